The van der Waals surface area contributed by atoms with Crippen LogP contribution in [0.4, 0.5) is 10.5 Å². The third-order valence-corrected chi connectivity index (χ3v) is 9.76. The highest BCUT2D eigenvalue weighted by Gasteiger charge is 2.68. The van der Waals surface area contributed by atoms with Gasteiger partial charge in [0, 0.05) is 11.3 Å². The Morgan fingerprint density at radius 3 is 2.27 bits per heavy atom. The summed E-state index contributed by atoms with van der Waals surface area (Å²) in [6, 6.07) is 18.3. The van der Waals surface area contributed by atoms with E-state index in [2.05, 4.69) is 0 Å². The van der Waals surface area contributed by atoms with Gasteiger partial charge in [-0.25, -0.2) is 9.69 Å². The Balaban J connectivity index is 1.46. The molecule has 0 bridgehead atoms. The van der Waals surface area contributed by atoms with E-state index in [-0.39, 0.29) is 30.4 Å². The zero-order valence-electron chi connectivity index (χ0n) is 22.2. The van der Waals surface area contributed by atoms with Crippen molar-refractivity contribution in [1.82, 2.24) is 4.90 Å². The molecule has 2 heterocycles. The molecule has 0 aromatic heterocycles. The molecule has 3 aromatic rings. The molecule has 3 aromatic carbocycles. The molecule has 6 atom stereocenters. The quantitative estimate of drug-likeness (QED) is 0.368. The number of nitrogens with zero attached hydrogens (tertiary/aromatic N) is 2. The molecule has 9 heteroatoms. The molecule has 3 fully saturated rings. The fraction of sp³-hybridized carbons (Fsp3) is 0.281. The lowest BCUT2D eigenvalue weighted by molar-refractivity contribution is -0.136. The molecule has 41 heavy (non-hydrogen) atoms. The Morgan fingerprint density at radius 2 is 1.56 bits per heavy atom. The van der Waals surface area contributed by atoms with E-state index in [1.54, 1.807) is 48.5 Å². The van der Waals surface area contributed by atoms with E-state index in [1.807, 2.05) is 31.2 Å². The zero-order chi connectivity index (χ0) is 28.8. The van der Waals surface area contributed by atoms with Gasteiger partial charge in [-0.2, -0.15) is 4.90 Å². The summed E-state index contributed by atoms with van der Waals surface area (Å²) in [5.74, 6) is -5.49. The Hall–Kier alpha value is -4.79. The Labute approximate surface area is 235 Å². The van der Waals surface area contributed by atoms with Crippen LogP contribution in [0, 0.1) is 29.1 Å². The van der Waals surface area contributed by atoms with E-state index in [1.165, 1.54) is 4.90 Å². The van der Waals surface area contributed by atoms with Crippen LogP contribution in [0.2, 0.25) is 0 Å². The maximum Gasteiger partial charge on any atom is 0.328 e. The average molecular weight is 550 g/mol. The fourth-order valence-corrected chi connectivity index (χ4v) is 7.96. The Kier molecular flexibility index (Phi) is 5.29. The predicted molar refractivity (Wildman–Crippen MR) is 148 cm³/mol. The first kappa shape index (κ1) is 25.2. The minimum Gasteiger partial charge on any atom is -0.507 e. The van der Waals surface area contributed by atoms with Crippen LogP contribution in [0.25, 0.3) is 10.8 Å². The van der Waals surface area contributed by atoms with Gasteiger partial charge in [0.15, 0.2) is 0 Å². The van der Waals surface area contributed by atoms with Crippen molar-refractivity contribution >= 4 is 46.1 Å². The van der Waals surface area contributed by atoms with Gasteiger partial charge in [0.25, 0.3) is 0 Å². The van der Waals surface area contributed by atoms with Crippen molar-refractivity contribution in [3.05, 3.63) is 83.9 Å². The molecule has 0 unspecified atom stereocenters. The summed E-state index contributed by atoms with van der Waals surface area (Å²) in [7, 11) is 0. The van der Waals surface area contributed by atoms with Gasteiger partial charge in [-0.1, -0.05) is 60.2 Å². The van der Waals surface area contributed by atoms with Crippen molar-refractivity contribution in [3.8, 4) is 5.75 Å². The van der Waals surface area contributed by atoms with Crippen molar-refractivity contribution in [2.45, 2.75) is 25.7 Å². The normalized spacial score (nSPS) is 30.8. The average Bonchev–Trinajstić information content (AvgIpc) is 3.34. The second-order valence-electron chi connectivity index (χ2n) is 11.6. The number of phenols is 1. The first-order valence-electron chi connectivity index (χ1n) is 13.7. The number of hydrogen-bond donors (Lipinski definition) is 2. The van der Waals surface area contributed by atoms with Gasteiger partial charge in [0.2, 0.25) is 23.6 Å². The molecule has 4 aliphatic rings. The van der Waals surface area contributed by atoms with Crippen molar-refractivity contribution < 1.29 is 29.1 Å². The van der Waals surface area contributed by atoms with E-state index in [0.717, 1.165) is 16.5 Å². The van der Waals surface area contributed by atoms with Crippen LogP contribution in [0.15, 0.2) is 78.4 Å². The van der Waals surface area contributed by atoms with E-state index in [9.17, 15) is 29.1 Å². The molecule has 9 nitrogen and oxygen atoms in total. The molecule has 1 saturated carbocycles. The predicted octanol–water partition coefficient (Wildman–Crippen LogP) is 3.85. The highest BCUT2D eigenvalue weighted by Crippen LogP contribution is 2.64. The summed E-state index contributed by atoms with van der Waals surface area (Å²) in [5, 5.41) is 12.0. The van der Waals surface area contributed by atoms with Crippen LogP contribution in [0.1, 0.15) is 31.2 Å². The largest absolute Gasteiger partial charge is 0.507 e. The molecular weight excluding hydrogens is 522 g/mol. The van der Waals surface area contributed by atoms with Gasteiger partial charge in [0.05, 0.1) is 28.9 Å². The number of anilines is 1. The second kappa shape index (κ2) is 8.60. The molecule has 6 amide bonds. The number of carbonyl (C=O) groups is 5. The third-order valence-electron chi connectivity index (χ3n) is 9.76. The number of amides is 6. The van der Waals surface area contributed by atoms with Gasteiger partial charge in [0.1, 0.15) is 5.75 Å². The van der Waals surface area contributed by atoms with Crippen LogP contribution >= 0.6 is 0 Å². The molecule has 0 spiro atoms. The molecule has 206 valence electrons. The highest BCUT2D eigenvalue weighted by atomic mass is 16.3. The minimum absolute atomic E-state index is 0.0875. The van der Waals surface area contributed by atoms with E-state index in [0.29, 0.717) is 16.0 Å². The van der Waals surface area contributed by atoms with Gasteiger partial charge >= 0.3 is 6.03 Å². The number of aromatic hydroxyl groups is 1. The van der Waals surface area contributed by atoms with E-state index in [4.69, 9.17) is 5.73 Å². The van der Waals surface area contributed by atoms with Gasteiger partial charge in [-0.15, -0.1) is 0 Å². The summed E-state index contributed by atoms with van der Waals surface area (Å²) in [5.41, 5.74) is 6.23. The maximum absolute atomic E-state index is 14.5. The van der Waals surface area contributed by atoms with Crippen molar-refractivity contribution in [1.29, 1.82) is 0 Å². The lowest BCUT2D eigenvalue weighted by Gasteiger charge is -2.49. The zero-order valence-corrected chi connectivity index (χ0v) is 22.2. The van der Waals surface area contributed by atoms with Crippen LogP contribution in [-0.2, 0) is 19.2 Å². The van der Waals surface area contributed by atoms with Crippen LogP contribution in [0.3, 0.4) is 0 Å². The van der Waals surface area contributed by atoms with Crippen molar-refractivity contribution in [2.75, 3.05) is 4.90 Å². The number of para-hydroxylation sites is 1. The summed E-state index contributed by atoms with van der Waals surface area (Å²) in [6.07, 6.45) is 2.30. The number of carbonyl (C=O) groups excluding carboxylic acids is 5. The first-order valence-corrected chi connectivity index (χ1v) is 13.7. The number of imide groups is 4. The summed E-state index contributed by atoms with van der Waals surface area (Å²) < 4.78 is 0. The number of primary amides is 1. The van der Waals surface area contributed by atoms with Gasteiger partial charge < -0.3 is 10.8 Å². The maximum atomic E-state index is 14.5. The van der Waals surface area contributed by atoms with Crippen LogP contribution in [-0.4, -0.2) is 39.7 Å². The summed E-state index contributed by atoms with van der Waals surface area (Å²) in [6.45, 7) is 1.81. The van der Waals surface area contributed by atoms with Crippen LogP contribution in [0.5, 0.6) is 5.75 Å². The number of allylic oxidation sites excluding steroid dienone is 2. The topological polar surface area (TPSA) is 138 Å². The molecule has 7 rings (SSSR count). The lowest BCUT2D eigenvalue weighted by Crippen LogP contribution is -2.49. The molecular formula is C32H27N3O6. The summed E-state index contributed by atoms with van der Waals surface area (Å²) in [4.78, 5) is 69.1. The summed E-state index contributed by atoms with van der Waals surface area (Å²) >= 11 is 0. The molecule has 0 radical (unpaired) electrons. The molecule has 3 N–H and O–H groups in total. The second-order valence-corrected chi connectivity index (χ2v) is 11.6. The fourth-order valence-electron chi connectivity index (χ4n) is 7.96. The van der Waals surface area contributed by atoms with E-state index < -0.39 is 52.8 Å². The monoisotopic (exact) mass is 549 g/mol. The number of fused-ring (bicyclic) bond motifs is 5. The third kappa shape index (κ3) is 3.20. The molecule has 2 saturated heterocycles. The Bertz CT molecular complexity index is 1730. The number of likely N-dealkylation sites (tertiary alicyclic amines) is 1. The van der Waals surface area contributed by atoms with Crippen LogP contribution < -0.4 is 10.6 Å². The number of hydrogen-bond acceptors (Lipinski definition) is 6. The number of benzene rings is 3. The smallest absolute Gasteiger partial charge is 0.328 e. The lowest BCUT2D eigenvalue weighted by atomic mass is 9.51. The van der Waals surface area contributed by atoms with E-state index >= 15 is 0 Å². The standard InChI is InChI=1S/C32H27N3O6/c1-32-23(28(38)34(30(32)40)16-7-3-2-4-8-16)15-22-20(11-12-21-25(22)29(39)35(27(21)37)31(33)41)26(32)19-13-14-24(36)18-10-6-5-9-17(18)19/h2-11,13-14,21-23,25-26,36H,12,15H2,1H3,(H2,33,41)/t21-,22+,23-,25-,26-,32+/m0/s1. The highest BCUT2D eigenvalue weighted by molar-refractivity contribution is 6.24. The molecule has 2 aliphatic heterocycles. The SMILES string of the molecule is C[C@@]12C(=O)N(c3ccccc3)C(=O)[C@@H]1C[C@@H]1C(=CC[C@@H]3C(=O)N(C(N)=O)C(=O)[C@@H]31)[C@@H]2c1ccc(O)c2ccccc12. The minimum atomic E-state index is -1.21. The van der Waals surface area contributed by atoms with Gasteiger partial charge in [-0.3, -0.25) is 19.2 Å². The van der Waals surface area contributed by atoms with Crippen molar-refractivity contribution in [2.24, 2.45) is 34.8 Å². The number of urea groups is 1. The number of nitrogens with two attached hydrogens (primary N) is 1. The first-order chi connectivity index (χ1) is 19.7. The number of rotatable bonds is 2. The van der Waals surface area contributed by atoms with Gasteiger partial charge in [-0.05, 0) is 54.8 Å². The Morgan fingerprint density at radius 1 is 0.878 bits per heavy atom. The molecule has 2 aliphatic carbocycles. The van der Waals surface area contributed by atoms with Crippen molar-refractivity contribution in [3.63, 3.8) is 0 Å². The number of phenolic OH excluding ortho intramolecular Hbond substituents is 1.